The van der Waals surface area contributed by atoms with Crippen molar-refractivity contribution in [2.75, 3.05) is 6.54 Å². The number of pyridine rings is 1. The van der Waals surface area contributed by atoms with E-state index in [9.17, 15) is 4.79 Å². The monoisotopic (exact) mass is 433 g/mol. The molecule has 26 heavy (non-hydrogen) atoms. The third kappa shape index (κ3) is 4.17. The molecule has 0 saturated heterocycles. The molecule has 6 heteroatoms. The average Bonchev–Trinajstić information content (AvgIpc) is 2.62. The molecule has 0 fully saturated rings. The molecule has 0 bridgehead atoms. The van der Waals surface area contributed by atoms with Crippen molar-refractivity contribution in [2.45, 2.75) is 32.9 Å². The maximum atomic E-state index is 12.4. The Morgan fingerprint density at radius 3 is 2.77 bits per heavy atom. The molecule has 3 aromatic rings. The Balaban J connectivity index is 1.93. The van der Waals surface area contributed by atoms with E-state index in [0.717, 1.165) is 23.1 Å². The first-order chi connectivity index (χ1) is 12.5. The fourth-order valence-electron chi connectivity index (χ4n) is 3.12. The largest absolute Gasteiger partial charge is 0.291 e. The molecule has 0 aliphatic rings. The highest BCUT2D eigenvalue weighted by atomic mass is 79.9. The van der Waals surface area contributed by atoms with Crippen molar-refractivity contribution in [1.29, 1.82) is 0 Å². The Hall–Kier alpha value is -1.69. The van der Waals surface area contributed by atoms with E-state index in [1.165, 1.54) is 9.96 Å². The molecule has 1 unspecified atom stereocenters. The number of hydrogen-bond acceptors (Lipinski definition) is 3. The Labute approximate surface area is 166 Å². The number of nitrogens with zero attached hydrogens (tertiary/aromatic N) is 3. The molecule has 0 aliphatic carbocycles. The SMILES string of the molecule is CCCN(Cc1cc(=O)n2cc(Cl)ccc2n1)C(C)c1ccccc1Br. The van der Waals surface area contributed by atoms with Crippen molar-refractivity contribution < 1.29 is 0 Å². The van der Waals surface area contributed by atoms with Crippen LogP contribution in [0.3, 0.4) is 0 Å². The highest BCUT2D eigenvalue weighted by molar-refractivity contribution is 9.10. The van der Waals surface area contributed by atoms with Crippen LogP contribution < -0.4 is 5.56 Å². The van der Waals surface area contributed by atoms with E-state index in [0.29, 0.717) is 17.2 Å². The van der Waals surface area contributed by atoms with Crippen LogP contribution >= 0.6 is 27.5 Å². The van der Waals surface area contributed by atoms with Gasteiger partial charge in [0.05, 0.1) is 10.7 Å². The van der Waals surface area contributed by atoms with Crippen LogP contribution in [0.1, 0.15) is 37.6 Å². The summed E-state index contributed by atoms with van der Waals surface area (Å²) in [4.78, 5) is 19.4. The maximum absolute atomic E-state index is 12.4. The molecule has 136 valence electrons. The number of benzene rings is 1. The van der Waals surface area contributed by atoms with Crippen molar-refractivity contribution in [3.05, 3.63) is 79.8 Å². The standard InChI is InChI=1S/C20H21BrClN3O/c1-3-10-24(14(2)17-6-4-5-7-18(17)21)13-16-11-20(26)25-12-15(22)8-9-19(25)23-16/h4-9,11-12,14H,3,10,13H2,1-2H3. The molecule has 1 atom stereocenters. The number of hydrogen-bond donors (Lipinski definition) is 0. The summed E-state index contributed by atoms with van der Waals surface area (Å²) in [7, 11) is 0. The van der Waals surface area contributed by atoms with Gasteiger partial charge in [0, 0.05) is 29.3 Å². The Morgan fingerprint density at radius 2 is 2.04 bits per heavy atom. The predicted octanol–water partition coefficient (Wildman–Crippen LogP) is 5.08. The molecule has 3 rings (SSSR count). The van der Waals surface area contributed by atoms with Gasteiger partial charge in [0.25, 0.3) is 5.56 Å². The van der Waals surface area contributed by atoms with Gasteiger partial charge < -0.3 is 0 Å². The van der Waals surface area contributed by atoms with Crippen LogP contribution in [-0.4, -0.2) is 20.8 Å². The van der Waals surface area contributed by atoms with Crippen LogP contribution in [-0.2, 0) is 6.54 Å². The van der Waals surface area contributed by atoms with Gasteiger partial charge in [-0.1, -0.05) is 52.7 Å². The van der Waals surface area contributed by atoms with Crippen molar-refractivity contribution >= 4 is 33.2 Å². The lowest BCUT2D eigenvalue weighted by molar-refractivity contribution is 0.199. The highest BCUT2D eigenvalue weighted by Gasteiger charge is 2.18. The number of halogens is 2. The van der Waals surface area contributed by atoms with Crippen molar-refractivity contribution in [1.82, 2.24) is 14.3 Å². The lowest BCUT2D eigenvalue weighted by Crippen LogP contribution is -2.29. The topological polar surface area (TPSA) is 37.6 Å². The van der Waals surface area contributed by atoms with Crippen LogP contribution in [0.15, 0.2) is 57.9 Å². The quantitative estimate of drug-likeness (QED) is 0.543. The summed E-state index contributed by atoms with van der Waals surface area (Å²) in [5.41, 5.74) is 2.49. The first kappa shape index (κ1) is 19.1. The van der Waals surface area contributed by atoms with E-state index in [4.69, 9.17) is 11.6 Å². The second-order valence-electron chi connectivity index (χ2n) is 6.33. The van der Waals surface area contributed by atoms with Gasteiger partial charge in [0.1, 0.15) is 5.65 Å². The fraction of sp³-hybridized carbons (Fsp3) is 0.300. The zero-order chi connectivity index (χ0) is 18.7. The van der Waals surface area contributed by atoms with Gasteiger partial charge in [-0.25, -0.2) is 4.98 Å². The molecule has 0 aliphatic heterocycles. The molecule has 0 radical (unpaired) electrons. The summed E-state index contributed by atoms with van der Waals surface area (Å²) in [5.74, 6) is 0. The molecule has 0 saturated carbocycles. The maximum Gasteiger partial charge on any atom is 0.258 e. The molecular formula is C20H21BrClN3O. The average molecular weight is 435 g/mol. The summed E-state index contributed by atoms with van der Waals surface area (Å²) in [6, 6.07) is 13.6. The molecule has 2 aromatic heterocycles. The van der Waals surface area contributed by atoms with E-state index in [1.807, 2.05) is 12.1 Å². The summed E-state index contributed by atoms with van der Waals surface area (Å²) < 4.78 is 2.57. The lowest BCUT2D eigenvalue weighted by Gasteiger charge is -2.29. The van der Waals surface area contributed by atoms with E-state index in [2.05, 4.69) is 51.8 Å². The van der Waals surface area contributed by atoms with Crippen LogP contribution in [0.5, 0.6) is 0 Å². The van der Waals surface area contributed by atoms with Crippen molar-refractivity contribution in [2.24, 2.45) is 0 Å². The van der Waals surface area contributed by atoms with E-state index >= 15 is 0 Å². The second kappa shape index (κ2) is 8.33. The predicted molar refractivity (Wildman–Crippen MR) is 110 cm³/mol. The zero-order valence-electron chi connectivity index (χ0n) is 14.8. The Bertz CT molecular complexity index is 973. The van der Waals surface area contributed by atoms with Gasteiger partial charge in [-0.15, -0.1) is 0 Å². The smallest absolute Gasteiger partial charge is 0.258 e. The molecule has 0 amide bonds. The minimum Gasteiger partial charge on any atom is -0.291 e. The minimum absolute atomic E-state index is 0.113. The van der Waals surface area contributed by atoms with Gasteiger partial charge in [-0.05, 0) is 43.7 Å². The minimum atomic E-state index is -0.113. The summed E-state index contributed by atoms with van der Waals surface area (Å²) >= 11 is 9.62. The second-order valence-corrected chi connectivity index (χ2v) is 7.62. The fourth-order valence-corrected chi connectivity index (χ4v) is 3.90. The number of aromatic nitrogens is 2. The third-order valence-corrected chi connectivity index (χ3v) is 5.40. The van der Waals surface area contributed by atoms with Crippen molar-refractivity contribution in [3.8, 4) is 0 Å². The number of fused-ring (bicyclic) bond motifs is 1. The zero-order valence-corrected chi connectivity index (χ0v) is 17.2. The van der Waals surface area contributed by atoms with Gasteiger partial charge in [-0.3, -0.25) is 14.1 Å². The van der Waals surface area contributed by atoms with Gasteiger partial charge in [0.2, 0.25) is 0 Å². The van der Waals surface area contributed by atoms with Gasteiger partial charge in [-0.2, -0.15) is 0 Å². The van der Waals surface area contributed by atoms with Crippen LogP contribution in [0, 0.1) is 0 Å². The summed E-state index contributed by atoms with van der Waals surface area (Å²) in [5, 5.41) is 0.518. The van der Waals surface area contributed by atoms with E-state index in [1.54, 1.807) is 24.4 Å². The molecule has 2 heterocycles. The van der Waals surface area contributed by atoms with E-state index < -0.39 is 0 Å². The highest BCUT2D eigenvalue weighted by Crippen LogP contribution is 2.28. The molecule has 1 aromatic carbocycles. The first-order valence-electron chi connectivity index (χ1n) is 8.66. The van der Waals surface area contributed by atoms with Gasteiger partial charge >= 0.3 is 0 Å². The molecule has 0 N–H and O–H groups in total. The summed E-state index contributed by atoms with van der Waals surface area (Å²) in [6.07, 6.45) is 2.63. The first-order valence-corrected chi connectivity index (χ1v) is 9.83. The Morgan fingerprint density at radius 1 is 1.27 bits per heavy atom. The lowest BCUT2D eigenvalue weighted by atomic mass is 10.1. The Kier molecular flexibility index (Phi) is 6.12. The summed E-state index contributed by atoms with van der Waals surface area (Å²) in [6.45, 7) is 5.88. The molecule has 0 spiro atoms. The van der Waals surface area contributed by atoms with Crippen LogP contribution in [0.4, 0.5) is 0 Å². The molecule has 4 nitrogen and oxygen atoms in total. The normalized spacial score (nSPS) is 12.7. The van der Waals surface area contributed by atoms with Crippen LogP contribution in [0.25, 0.3) is 5.65 Å². The van der Waals surface area contributed by atoms with Gasteiger partial charge in [0.15, 0.2) is 0 Å². The number of rotatable bonds is 6. The third-order valence-electron chi connectivity index (χ3n) is 4.46. The van der Waals surface area contributed by atoms with E-state index in [-0.39, 0.29) is 11.6 Å². The van der Waals surface area contributed by atoms with Crippen molar-refractivity contribution in [3.63, 3.8) is 0 Å². The van der Waals surface area contributed by atoms with Crippen LogP contribution in [0.2, 0.25) is 5.02 Å². The molecular weight excluding hydrogens is 414 g/mol.